The molecular weight excluding hydrogens is 356 g/mol. The monoisotopic (exact) mass is 360 g/mol. The third-order valence-corrected chi connectivity index (χ3v) is 2.81. The molecule has 0 saturated heterocycles. The van der Waals surface area contributed by atoms with Crippen molar-refractivity contribution < 1.29 is 13.9 Å². The van der Waals surface area contributed by atoms with Crippen molar-refractivity contribution in [3.63, 3.8) is 0 Å². The quantitative estimate of drug-likeness (QED) is 0.769. The third-order valence-electron chi connectivity index (χ3n) is 1.89. The SMILES string of the molecule is COC(=O)c1nnc(-c2cc(Br)cc(Br)c2)o1. The first-order valence-electron chi connectivity index (χ1n) is 4.48. The maximum Gasteiger partial charge on any atom is 0.396 e. The van der Waals surface area contributed by atoms with Crippen LogP contribution in [0.1, 0.15) is 10.7 Å². The van der Waals surface area contributed by atoms with Crippen molar-refractivity contribution in [2.75, 3.05) is 7.11 Å². The molecule has 0 radical (unpaired) electrons. The van der Waals surface area contributed by atoms with Crippen LogP contribution in [0.5, 0.6) is 0 Å². The Morgan fingerprint density at radius 2 is 1.88 bits per heavy atom. The first-order chi connectivity index (χ1) is 8.10. The first kappa shape index (κ1) is 12.3. The van der Waals surface area contributed by atoms with Crippen LogP contribution in [0.15, 0.2) is 31.6 Å². The number of esters is 1. The average molecular weight is 362 g/mol. The Kier molecular flexibility index (Phi) is 3.58. The number of methoxy groups -OCH3 is 1. The van der Waals surface area contributed by atoms with E-state index in [0.717, 1.165) is 8.95 Å². The van der Waals surface area contributed by atoms with Gasteiger partial charge in [0.05, 0.1) is 7.11 Å². The standard InChI is InChI=1S/C10H6Br2N2O3/c1-16-10(15)9-14-13-8(17-9)5-2-6(11)4-7(12)3-5/h2-4H,1H3. The van der Waals surface area contributed by atoms with E-state index in [1.807, 2.05) is 6.07 Å². The van der Waals surface area contributed by atoms with Gasteiger partial charge < -0.3 is 9.15 Å². The number of hydrogen-bond donors (Lipinski definition) is 0. The van der Waals surface area contributed by atoms with E-state index in [0.29, 0.717) is 5.56 Å². The summed E-state index contributed by atoms with van der Waals surface area (Å²) in [6, 6.07) is 5.49. The lowest BCUT2D eigenvalue weighted by molar-refractivity contribution is 0.0556. The topological polar surface area (TPSA) is 65.2 Å². The van der Waals surface area contributed by atoms with Crippen molar-refractivity contribution in [3.05, 3.63) is 33.0 Å². The second-order valence-electron chi connectivity index (χ2n) is 3.06. The summed E-state index contributed by atoms with van der Waals surface area (Å²) in [5, 5.41) is 7.38. The van der Waals surface area contributed by atoms with Crippen molar-refractivity contribution in [1.82, 2.24) is 10.2 Å². The molecule has 0 aliphatic rings. The molecule has 0 aliphatic heterocycles. The largest absolute Gasteiger partial charge is 0.462 e. The van der Waals surface area contributed by atoms with E-state index in [4.69, 9.17) is 4.42 Å². The van der Waals surface area contributed by atoms with E-state index in [2.05, 4.69) is 46.8 Å². The van der Waals surface area contributed by atoms with Gasteiger partial charge in [-0.15, -0.1) is 10.2 Å². The molecular formula is C10H6Br2N2O3. The van der Waals surface area contributed by atoms with Crippen LogP contribution in [-0.2, 0) is 4.74 Å². The molecule has 5 nitrogen and oxygen atoms in total. The summed E-state index contributed by atoms with van der Waals surface area (Å²) in [7, 11) is 1.25. The summed E-state index contributed by atoms with van der Waals surface area (Å²) in [5.41, 5.74) is 0.703. The molecule has 2 rings (SSSR count). The van der Waals surface area contributed by atoms with Gasteiger partial charge >= 0.3 is 11.9 Å². The second-order valence-corrected chi connectivity index (χ2v) is 4.89. The highest BCUT2D eigenvalue weighted by Crippen LogP contribution is 2.26. The van der Waals surface area contributed by atoms with Crippen LogP contribution in [0.3, 0.4) is 0 Å². The fraction of sp³-hybridized carbons (Fsp3) is 0.100. The van der Waals surface area contributed by atoms with Gasteiger partial charge in [-0.1, -0.05) is 31.9 Å². The summed E-state index contributed by atoms with van der Waals surface area (Å²) in [5.74, 6) is -0.566. The number of ether oxygens (including phenoxy) is 1. The lowest BCUT2D eigenvalue weighted by Crippen LogP contribution is -2.00. The molecule has 17 heavy (non-hydrogen) atoms. The highest BCUT2D eigenvalue weighted by Gasteiger charge is 2.16. The molecule has 0 fully saturated rings. The molecule has 0 amide bonds. The predicted molar refractivity (Wildman–Crippen MR) is 66.5 cm³/mol. The van der Waals surface area contributed by atoms with Crippen LogP contribution in [0.2, 0.25) is 0 Å². The lowest BCUT2D eigenvalue weighted by Gasteiger charge is -1.97. The Morgan fingerprint density at radius 1 is 1.24 bits per heavy atom. The van der Waals surface area contributed by atoms with Crippen molar-refractivity contribution >= 4 is 37.8 Å². The van der Waals surface area contributed by atoms with Gasteiger partial charge in [0.25, 0.3) is 0 Å². The number of aromatic nitrogens is 2. The Hall–Kier alpha value is -1.21. The molecule has 88 valence electrons. The van der Waals surface area contributed by atoms with E-state index in [9.17, 15) is 4.79 Å². The van der Waals surface area contributed by atoms with Gasteiger partial charge in [0.2, 0.25) is 5.89 Å². The Labute approximate surface area is 113 Å². The molecule has 1 aromatic heterocycles. The van der Waals surface area contributed by atoms with Crippen LogP contribution >= 0.6 is 31.9 Å². The molecule has 0 atom stereocenters. The second kappa shape index (κ2) is 4.97. The van der Waals surface area contributed by atoms with Gasteiger partial charge in [0, 0.05) is 14.5 Å². The minimum absolute atomic E-state index is 0.168. The normalized spacial score (nSPS) is 10.3. The number of nitrogens with zero attached hydrogens (tertiary/aromatic N) is 2. The average Bonchev–Trinajstić information content (AvgIpc) is 2.76. The van der Waals surface area contributed by atoms with Gasteiger partial charge in [-0.05, 0) is 18.2 Å². The van der Waals surface area contributed by atoms with Crippen molar-refractivity contribution in [2.45, 2.75) is 0 Å². The molecule has 1 heterocycles. The maximum atomic E-state index is 11.2. The summed E-state index contributed by atoms with van der Waals surface area (Å²) >= 11 is 6.70. The highest BCUT2D eigenvalue weighted by molar-refractivity contribution is 9.11. The van der Waals surface area contributed by atoms with Crippen molar-refractivity contribution in [1.29, 1.82) is 0 Å². The van der Waals surface area contributed by atoms with Crippen molar-refractivity contribution in [3.8, 4) is 11.5 Å². The smallest absolute Gasteiger partial charge is 0.396 e. The Balaban J connectivity index is 2.40. The molecule has 2 aromatic rings. The van der Waals surface area contributed by atoms with Crippen LogP contribution in [0, 0.1) is 0 Å². The number of halogens is 2. The van der Waals surface area contributed by atoms with Crippen LogP contribution in [0.4, 0.5) is 0 Å². The Bertz CT molecular complexity index is 548. The van der Waals surface area contributed by atoms with Crippen LogP contribution < -0.4 is 0 Å². The van der Waals surface area contributed by atoms with E-state index in [1.165, 1.54) is 7.11 Å². The molecule has 1 aromatic carbocycles. The van der Waals surface area contributed by atoms with E-state index < -0.39 is 5.97 Å². The number of rotatable bonds is 2. The fourth-order valence-corrected chi connectivity index (χ4v) is 2.48. The van der Waals surface area contributed by atoms with Crippen LogP contribution in [0.25, 0.3) is 11.5 Å². The first-order valence-corrected chi connectivity index (χ1v) is 6.07. The number of hydrogen-bond acceptors (Lipinski definition) is 5. The fourth-order valence-electron chi connectivity index (χ4n) is 1.19. The van der Waals surface area contributed by atoms with E-state index in [1.54, 1.807) is 12.1 Å². The number of benzene rings is 1. The summed E-state index contributed by atoms with van der Waals surface area (Å²) in [4.78, 5) is 11.2. The molecule has 0 aliphatic carbocycles. The zero-order chi connectivity index (χ0) is 12.4. The number of carbonyl (C=O) groups is 1. The molecule has 0 saturated carbocycles. The molecule has 0 N–H and O–H groups in total. The number of carbonyl (C=O) groups excluding carboxylic acids is 1. The van der Waals surface area contributed by atoms with E-state index >= 15 is 0 Å². The maximum absolute atomic E-state index is 11.2. The Morgan fingerprint density at radius 3 is 2.47 bits per heavy atom. The molecule has 0 spiro atoms. The minimum Gasteiger partial charge on any atom is -0.462 e. The predicted octanol–water partition coefficient (Wildman–Crippen LogP) is 3.05. The zero-order valence-electron chi connectivity index (χ0n) is 8.61. The molecule has 0 bridgehead atoms. The van der Waals surface area contributed by atoms with E-state index in [-0.39, 0.29) is 11.8 Å². The third kappa shape index (κ3) is 2.73. The zero-order valence-corrected chi connectivity index (χ0v) is 11.8. The van der Waals surface area contributed by atoms with Crippen LogP contribution in [-0.4, -0.2) is 23.3 Å². The summed E-state index contributed by atoms with van der Waals surface area (Å²) < 4.78 is 11.4. The molecule has 7 heteroatoms. The van der Waals surface area contributed by atoms with Gasteiger partial charge in [0.15, 0.2) is 0 Å². The molecule has 0 unspecified atom stereocenters. The minimum atomic E-state index is -0.655. The lowest BCUT2D eigenvalue weighted by atomic mass is 10.2. The van der Waals surface area contributed by atoms with Gasteiger partial charge in [0.1, 0.15) is 0 Å². The van der Waals surface area contributed by atoms with Gasteiger partial charge in [-0.25, -0.2) is 4.79 Å². The highest BCUT2D eigenvalue weighted by atomic mass is 79.9. The summed E-state index contributed by atoms with van der Waals surface area (Å²) in [6.45, 7) is 0. The summed E-state index contributed by atoms with van der Waals surface area (Å²) in [6.07, 6.45) is 0. The van der Waals surface area contributed by atoms with Gasteiger partial charge in [-0.2, -0.15) is 0 Å². The van der Waals surface area contributed by atoms with Crippen molar-refractivity contribution in [2.24, 2.45) is 0 Å². The van der Waals surface area contributed by atoms with Gasteiger partial charge in [-0.3, -0.25) is 0 Å².